The first-order valence-corrected chi connectivity index (χ1v) is 7.63. The predicted molar refractivity (Wildman–Crippen MR) is 85.9 cm³/mol. The van der Waals surface area contributed by atoms with Gasteiger partial charge in [0.05, 0.1) is 17.4 Å². The van der Waals surface area contributed by atoms with E-state index in [1.54, 1.807) is 7.11 Å². The molecule has 2 rings (SSSR count). The maximum absolute atomic E-state index is 11.8. The number of hydrogen-bond donors (Lipinski definition) is 2. The van der Waals surface area contributed by atoms with Gasteiger partial charge in [0, 0.05) is 13.7 Å². The molecule has 0 radical (unpaired) electrons. The van der Waals surface area contributed by atoms with Crippen LogP contribution < -0.4 is 11.1 Å². The van der Waals surface area contributed by atoms with Crippen LogP contribution in [0.15, 0.2) is 12.1 Å². The Hall–Kier alpha value is -1.55. The lowest BCUT2D eigenvalue weighted by Gasteiger charge is -2.39. The Morgan fingerprint density at radius 1 is 1.48 bits per heavy atom. The molecular weight excluding hydrogens is 264 g/mol. The summed E-state index contributed by atoms with van der Waals surface area (Å²) in [6.07, 6.45) is 3.06. The van der Waals surface area contributed by atoms with E-state index < -0.39 is 0 Å². The SMILES string of the molecule is CCCNc1c(C(N)=O)ccc2c1C(C)(C)CC(OC)C2. The van der Waals surface area contributed by atoms with E-state index in [1.165, 1.54) is 11.1 Å². The summed E-state index contributed by atoms with van der Waals surface area (Å²) in [4.78, 5) is 11.8. The Balaban J connectivity index is 2.58. The number of carbonyl (C=O) groups is 1. The lowest BCUT2D eigenvalue weighted by molar-refractivity contribution is 0.0704. The average Bonchev–Trinajstić information content (AvgIpc) is 2.43. The Labute approximate surface area is 127 Å². The van der Waals surface area contributed by atoms with E-state index >= 15 is 0 Å². The smallest absolute Gasteiger partial charge is 0.250 e. The van der Waals surface area contributed by atoms with Gasteiger partial charge < -0.3 is 15.8 Å². The number of nitrogens with one attached hydrogen (secondary N) is 1. The quantitative estimate of drug-likeness (QED) is 0.876. The highest BCUT2D eigenvalue weighted by Crippen LogP contribution is 2.43. The van der Waals surface area contributed by atoms with Gasteiger partial charge >= 0.3 is 0 Å². The van der Waals surface area contributed by atoms with E-state index in [1.807, 2.05) is 12.1 Å². The van der Waals surface area contributed by atoms with Gasteiger partial charge in [0.25, 0.3) is 5.91 Å². The van der Waals surface area contributed by atoms with E-state index in [2.05, 4.69) is 26.1 Å². The van der Waals surface area contributed by atoms with E-state index in [9.17, 15) is 4.79 Å². The first-order valence-electron chi connectivity index (χ1n) is 7.63. The van der Waals surface area contributed by atoms with Crippen molar-refractivity contribution in [2.24, 2.45) is 5.73 Å². The van der Waals surface area contributed by atoms with E-state index in [4.69, 9.17) is 10.5 Å². The second-order valence-corrected chi connectivity index (χ2v) is 6.46. The molecular formula is C17H26N2O2. The molecule has 116 valence electrons. The van der Waals surface area contributed by atoms with Gasteiger partial charge in [-0.15, -0.1) is 0 Å². The highest BCUT2D eigenvalue weighted by atomic mass is 16.5. The second kappa shape index (κ2) is 6.06. The van der Waals surface area contributed by atoms with Gasteiger partial charge in [0.15, 0.2) is 0 Å². The Morgan fingerprint density at radius 3 is 2.76 bits per heavy atom. The molecule has 0 heterocycles. The summed E-state index contributed by atoms with van der Waals surface area (Å²) in [5, 5.41) is 3.42. The van der Waals surface area contributed by atoms with Crippen LogP contribution in [0.5, 0.6) is 0 Å². The number of ether oxygens (including phenoxy) is 1. The molecule has 1 unspecified atom stereocenters. The first kappa shape index (κ1) is 15.8. The Morgan fingerprint density at radius 2 is 2.19 bits per heavy atom. The van der Waals surface area contributed by atoms with Crippen LogP contribution in [0.2, 0.25) is 0 Å². The monoisotopic (exact) mass is 290 g/mol. The van der Waals surface area contributed by atoms with Gasteiger partial charge in [-0.05, 0) is 41.9 Å². The van der Waals surface area contributed by atoms with E-state index in [0.717, 1.165) is 31.5 Å². The molecule has 0 saturated heterocycles. The molecule has 1 aliphatic carbocycles. The largest absolute Gasteiger partial charge is 0.384 e. The zero-order valence-electron chi connectivity index (χ0n) is 13.5. The normalized spacial score (nSPS) is 19.9. The highest BCUT2D eigenvalue weighted by molar-refractivity contribution is 5.99. The standard InChI is InChI=1S/C17H26N2O2/c1-5-8-19-15-13(16(18)20)7-6-11-9-12(21-4)10-17(2,3)14(11)15/h6-7,12,19H,5,8-10H2,1-4H3,(H2,18,20). The van der Waals surface area contributed by atoms with Crippen LogP contribution in [0.1, 0.15) is 55.1 Å². The minimum absolute atomic E-state index is 0.0458. The molecule has 0 saturated carbocycles. The van der Waals surface area contributed by atoms with Crippen molar-refractivity contribution in [3.63, 3.8) is 0 Å². The van der Waals surface area contributed by atoms with Crippen molar-refractivity contribution in [2.45, 2.75) is 51.6 Å². The van der Waals surface area contributed by atoms with E-state index in [-0.39, 0.29) is 17.4 Å². The number of methoxy groups -OCH3 is 1. The van der Waals surface area contributed by atoms with Crippen LogP contribution in [0.3, 0.4) is 0 Å². The van der Waals surface area contributed by atoms with E-state index in [0.29, 0.717) is 5.56 Å². The minimum Gasteiger partial charge on any atom is -0.384 e. The molecule has 1 aromatic rings. The van der Waals surface area contributed by atoms with Crippen LogP contribution in [-0.2, 0) is 16.6 Å². The van der Waals surface area contributed by atoms with Gasteiger partial charge in [-0.2, -0.15) is 0 Å². The molecule has 0 aliphatic heterocycles. The number of amides is 1. The zero-order chi connectivity index (χ0) is 15.6. The highest BCUT2D eigenvalue weighted by Gasteiger charge is 2.36. The summed E-state index contributed by atoms with van der Waals surface area (Å²) >= 11 is 0. The lowest BCUT2D eigenvalue weighted by Crippen LogP contribution is -2.35. The predicted octanol–water partition coefficient (Wildman–Crippen LogP) is 2.85. The van der Waals surface area contributed by atoms with Crippen molar-refractivity contribution in [1.29, 1.82) is 0 Å². The number of nitrogens with two attached hydrogens (primary N) is 1. The van der Waals surface area contributed by atoms with Crippen LogP contribution in [0.4, 0.5) is 5.69 Å². The molecule has 21 heavy (non-hydrogen) atoms. The van der Waals surface area contributed by atoms with Gasteiger partial charge in [0.1, 0.15) is 0 Å². The topological polar surface area (TPSA) is 64.3 Å². The van der Waals surface area contributed by atoms with Crippen LogP contribution >= 0.6 is 0 Å². The summed E-state index contributed by atoms with van der Waals surface area (Å²) in [7, 11) is 1.76. The van der Waals surface area contributed by atoms with Crippen molar-refractivity contribution in [1.82, 2.24) is 0 Å². The summed E-state index contributed by atoms with van der Waals surface area (Å²) in [6.45, 7) is 7.36. The third kappa shape index (κ3) is 3.05. The fourth-order valence-electron chi connectivity index (χ4n) is 3.38. The molecule has 1 aliphatic rings. The molecule has 0 aromatic heterocycles. The van der Waals surface area contributed by atoms with Crippen molar-refractivity contribution in [3.8, 4) is 0 Å². The second-order valence-electron chi connectivity index (χ2n) is 6.46. The third-order valence-electron chi connectivity index (χ3n) is 4.30. The van der Waals surface area contributed by atoms with Gasteiger partial charge in [-0.25, -0.2) is 0 Å². The Bertz CT molecular complexity index is 538. The maximum atomic E-state index is 11.8. The maximum Gasteiger partial charge on any atom is 0.250 e. The molecule has 1 aromatic carbocycles. The fraction of sp³-hybridized carbons (Fsp3) is 0.588. The number of primary amides is 1. The number of benzene rings is 1. The molecule has 4 nitrogen and oxygen atoms in total. The molecule has 4 heteroatoms. The van der Waals surface area contributed by atoms with Crippen molar-refractivity contribution in [2.75, 3.05) is 19.0 Å². The molecule has 1 atom stereocenters. The Kier molecular flexibility index (Phi) is 4.57. The molecule has 0 bridgehead atoms. The molecule has 3 N–H and O–H groups in total. The minimum atomic E-state index is -0.374. The summed E-state index contributed by atoms with van der Waals surface area (Å²) < 4.78 is 5.57. The lowest BCUT2D eigenvalue weighted by atomic mass is 9.70. The third-order valence-corrected chi connectivity index (χ3v) is 4.30. The average molecular weight is 290 g/mol. The van der Waals surface area contributed by atoms with Gasteiger partial charge in [-0.1, -0.05) is 26.8 Å². The first-order chi connectivity index (χ1) is 9.90. The summed E-state index contributed by atoms with van der Waals surface area (Å²) in [5.74, 6) is -0.374. The van der Waals surface area contributed by atoms with Crippen LogP contribution in [0, 0.1) is 0 Å². The molecule has 1 amide bonds. The van der Waals surface area contributed by atoms with Gasteiger partial charge in [-0.3, -0.25) is 4.79 Å². The summed E-state index contributed by atoms with van der Waals surface area (Å²) in [6, 6.07) is 3.87. The van der Waals surface area contributed by atoms with Crippen LogP contribution in [0.25, 0.3) is 0 Å². The number of fused-ring (bicyclic) bond motifs is 1. The molecule has 0 spiro atoms. The fourth-order valence-corrected chi connectivity index (χ4v) is 3.38. The number of rotatable bonds is 5. The molecule has 0 fully saturated rings. The van der Waals surface area contributed by atoms with Crippen molar-refractivity contribution < 1.29 is 9.53 Å². The number of hydrogen-bond acceptors (Lipinski definition) is 3. The van der Waals surface area contributed by atoms with Gasteiger partial charge in [0.2, 0.25) is 0 Å². The van der Waals surface area contributed by atoms with Crippen molar-refractivity contribution >= 4 is 11.6 Å². The zero-order valence-corrected chi connectivity index (χ0v) is 13.5. The number of carbonyl (C=O) groups excluding carboxylic acids is 1. The number of anilines is 1. The summed E-state index contributed by atoms with van der Waals surface area (Å²) in [5.41, 5.74) is 9.49. The van der Waals surface area contributed by atoms with Crippen molar-refractivity contribution in [3.05, 3.63) is 28.8 Å². The van der Waals surface area contributed by atoms with Crippen LogP contribution in [-0.4, -0.2) is 25.7 Å².